The number of nitro groups is 1. The second-order valence-electron chi connectivity index (χ2n) is 5.07. The number of hydrogen-bond donors (Lipinski definition) is 2. The van der Waals surface area contributed by atoms with E-state index in [1.165, 1.54) is 35.3 Å². The first kappa shape index (κ1) is 16.8. The first-order valence-corrected chi connectivity index (χ1v) is 7.37. The van der Waals surface area contributed by atoms with Crippen molar-refractivity contribution in [2.45, 2.75) is 0 Å². The first-order valence-electron chi connectivity index (χ1n) is 7.37. The summed E-state index contributed by atoms with van der Waals surface area (Å²) in [5.41, 5.74) is 5.13. The van der Waals surface area contributed by atoms with Crippen LogP contribution in [0.25, 0.3) is 5.69 Å². The van der Waals surface area contributed by atoms with E-state index >= 15 is 0 Å². The highest BCUT2D eigenvalue weighted by Crippen LogP contribution is 2.11. The maximum atomic E-state index is 12.0. The lowest BCUT2D eigenvalue weighted by Crippen LogP contribution is -2.41. The van der Waals surface area contributed by atoms with Gasteiger partial charge in [0.05, 0.1) is 16.8 Å². The molecule has 0 atom stereocenters. The second kappa shape index (κ2) is 7.21. The number of aromatic nitrogens is 3. The van der Waals surface area contributed by atoms with Crippen LogP contribution >= 0.6 is 0 Å². The highest BCUT2D eigenvalue weighted by atomic mass is 16.6. The van der Waals surface area contributed by atoms with Crippen molar-refractivity contribution >= 4 is 17.5 Å². The van der Waals surface area contributed by atoms with E-state index in [4.69, 9.17) is 0 Å². The Morgan fingerprint density at radius 2 is 1.62 bits per heavy atom. The van der Waals surface area contributed by atoms with Gasteiger partial charge in [0.25, 0.3) is 17.5 Å². The third-order valence-corrected chi connectivity index (χ3v) is 3.34. The fraction of sp³-hybridized carbons (Fsp3) is 0. The number of nitrogens with zero attached hydrogens (tertiary/aromatic N) is 4. The molecule has 2 aromatic carbocycles. The summed E-state index contributed by atoms with van der Waals surface area (Å²) in [6.07, 6.45) is 1.26. The smallest absolute Gasteiger partial charge is 0.267 e. The predicted molar refractivity (Wildman–Crippen MR) is 89.4 cm³/mol. The van der Waals surface area contributed by atoms with Gasteiger partial charge in [-0.1, -0.05) is 18.2 Å². The molecule has 0 aliphatic carbocycles. The Morgan fingerprint density at radius 1 is 0.962 bits per heavy atom. The zero-order valence-corrected chi connectivity index (χ0v) is 13.2. The van der Waals surface area contributed by atoms with Crippen LogP contribution < -0.4 is 10.9 Å². The van der Waals surface area contributed by atoms with E-state index in [9.17, 15) is 19.7 Å². The standard InChI is InChI=1S/C16H12N6O4/c23-15(11-6-8-13(9-7-11)22(25)26)18-19-16(24)14-10-17-21(20-14)12-4-2-1-3-5-12/h1-10H,(H,18,23)(H,19,24). The van der Waals surface area contributed by atoms with E-state index in [2.05, 4.69) is 21.0 Å². The molecule has 0 saturated carbocycles. The van der Waals surface area contributed by atoms with E-state index in [0.717, 1.165) is 0 Å². The average molecular weight is 352 g/mol. The molecule has 3 rings (SSSR count). The lowest BCUT2D eigenvalue weighted by atomic mass is 10.2. The normalized spacial score (nSPS) is 10.2. The molecule has 0 spiro atoms. The van der Waals surface area contributed by atoms with E-state index in [1.807, 2.05) is 18.2 Å². The van der Waals surface area contributed by atoms with Crippen molar-refractivity contribution in [2.75, 3.05) is 0 Å². The summed E-state index contributed by atoms with van der Waals surface area (Å²) in [6, 6.07) is 14.0. The minimum Gasteiger partial charge on any atom is -0.267 e. The van der Waals surface area contributed by atoms with Gasteiger partial charge in [-0.2, -0.15) is 9.90 Å². The maximum Gasteiger partial charge on any atom is 0.291 e. The van der Waals surface area contributed by atoms with Gasteiger partial charge in [0.2, 0.25) is 0 Å². The molecule has 3 aromatic rings. The number of rotatable bonds is 4. The third kappa shape index (κ3) is 3.70. The molecular formula is C16H12N6O4. The fourth-order valence-corrected chi connectivity index (χ4v) is 2.04. The number of hydrogen-bond acceptors (Lipinski definition) is 6. The zero-order chi connectivity index (χ0) is 18.5. The number of nitro benzene ring substituents is 1. The number of non-ortho nitro benzene ring substituents is 1. The van der Waals surface area contributed by atoms with Crippen molar-refractivity contribution in [3.8, 4) is 5.69 Å². The molecule has 0 bridgehead atoms. The Morgan fingerprint density at radius 3 is 2.27 bits per heavy atom. The lowest BCUT2D eigenvalue weighted by Gasteiger charge is -2.05. The minimum atomic E-state index is -0.651. The Kier molecular flexibility index (Phi) is 4.65. The van der Waals surface area contributed by atoms with Gasteiger partial charge in [0, 0.05) is 17.7 Å². The van der Waals surface area contributed by atoms with Gasteiger partial charge in [0.15, 0.2) is 5.69 Å². The van der Waals surface area contributed by atoms with Crippen LogP contribution in [0, 0.1) is 10.1 Å². The molecule has 0 fully saturated rings. The van der Waals surface area contributed by atoms with Gasteiger partial charge in [-0.15, -0.1) is 5.10 Å². The van der Waals surface area contributed by atoms with Gasteiger partial charge < -0.3 is 0 Å². The summed E-state index contributed by atoms with van der Waals surface area (Å²) in [4.78, 5) is 35.3. The van der Waals surface area contributed by atoms with Crippen LogP contribution in [-0.4, -0.2) is 31.7 Å². The van der Waals surface area contributed by atoms with E-state index < -0.39 is 16.7 Å². The number of amides is 2. The number of hydrazine groups is 1. The molecule has 26 heavy (non-hydrogen) atoms. The highest BCUT2D eigenvalue weighted by Gasteiger charge is 2.14. The molecule has 0 saturated heterocycles. The molecule has 2 amide bonds. The third-order valence-electron chi connectivity index (χ3n) is 3.34. The summed E-state index contributed by atoms with van der Waals surface area (Å²) in [7, 11) is 0. The SMILES string of the molecule is O=C(NNC(=O)c1cnn(-c2ccccc2)n1)c1ccc([N+](=O)[O-])cc1. The van der Waals surface area contributed by atoms with Crippen molar-refractivity contribution in [3.05, 3.63) is 82.2 Å². The predicted octanol–water partition coefficient (Wildman–Crippen LogP) is 1.25. The number of nitrogens with one attached hydrogen (secondary N) is 2. The highest BCUT2D eigenvalue weighted by molar-refractivity contribution is 5.98. The monoisotopic (exact) mass is 352 g/mol. The van der Waals surface area contributed by atoms with E-state index in [0.29, 0.717) is 5.69 Å². The van der Waals surface area contributed by atoms with Crippen molar-refractivity contribution in [1.82, 2.24) is 25.8 Å². The Hall–Kier alpha value is -4.08. The lowest BCUT2D eigenvalue weighted by molar-refractivity contribution is -0.384. The van der Waals surface area contributed by atoms with Crippen molar-refractivity contribution in [1.29, 1.82) is 0 Å². The summed E-state index contributed by atoms with van der Waals surface area (Å²) in [5.74, 6) is -1.27. The summed E-state index contributed by atoms with van der Waals surface area (Å²) in [6.45, 7) is 0. The molecule has 130 valence electrons. The van der Waals surface area contributed by atoms with Gasteiger partial charge in [-0.25, -0.2) is 0 Å². The quantitative estimate of drug-likeness (QED) is 0.536. The Balaban J connectivity index is 1.61. The Labute approximate surface area is 146 Å². The number of para-hydroxylation sites is 1. The number of benzene rings is 2. The summed E-state index contributed by atoms with van der Waals surface area (Å²) in [5, 5.41) is 18.6. The molecule has 10 nitrogen and oxygen atoms in total. The number of carbonyl (C=O) groups excluding carboxylic acids is 2. The molecule has 2 N–H and O–H groups in total. The largest absolute Gasteiger partial charge is 0.291 e. The van der Waals surface area contributed by atoms with Gasteiger partial charge in [0.1, 0.15) is 0 Å². The van der Waals surface area contributed by atoms with Crippen LogP contribution in [0.15, 0.2) is 60.8 Å². The van der Waals surface area contributed by atoms with Crippen LogP contribution in [0.4, 0.5) is 5.69 Å². The molecular weight excluding hydrogens is 340 g/mol. The van der Waals surface area contributed by atoms with Gasteiger partial charge >= 0.3 is 0 Å². The van der Waals surface area contributed by atoms with Crippen molar-refractivity contribution < 1.29 is 14.5 Å². The van der Waals surface area contributed by atoms with Crippen LogP contribution in [0.2, 0.25) is 0 Å². The maximum absolute atomic E-state index is 12.0. The average Bonchev–Trinajstić information content (AvgIpc) is 3.17. The van der Waals surface area contributed by atoms with Crippen molar-refractivity contribution in [3.63, 3.8) is 0 Å². The van der Waals surface area contributed by atoms with Crippen LogP contribution in [0.5, 0.6) is 0 Å². The summed E-state index contributed by atoms with van der Waals surface area (Å²) >= 11 is 0. The van der Waals surface area contributed by atoms with Gasteiger partial charge in [-0.05, 0) is 24.3 Å². The molecule has 0 aliphatic rings. The van der Waals surface area contributed by atoms with E-state index in [-0.39, 0.29) is 16.9 Å². The Bertz CT molecular complexity index is 952. The van der Waals surface area contributed by atoms with Crippen LogP contribution in [-0.2, 0) is 0 Å². The topological polar surface area (TPSA) is 132 Å². The van der Waals surface area contributed by atoms with Crippen LogP contribution in [0.3, 0.4) is 0 Å². The zero-order valence-electron chi connectivity index (χ0n) is 13.2. The van der Waals surface area contributed by atoms with Gasteiger partial charge in [-0.3, -0.25) is 30.6 Å². The molecule has 0 aliphatic heterocycles. The molecule has 1 aromatic heterocycles. The first-order chi connectivity index (χ1) is 12.5. The van der Waals surface area contributed by atoms with Crippen LogP contribution in [0.1, 0.15) is 20.8 Å². The number of carbonyl (C=O) groups is 2. The molecule has 0 unspecified atom stereocenters. The molecule has 1 heterocycles. The molecule has 0 radical (unpaired) electrons. The fourth-order valence-electron chi connectivity index (χ4n) is 2.04. The second-order valence-corrected chi connectivity index (χ2v) is 5.07. The van der Waals surface area contributed by atoms with Crippen molar-refractivity contribution in [2.24, 2.45) is 0 Å². The molecule has 10 heteroatoms. The minimum absolute atomic E-state index is 0.0119. The summed E-state index contributed by atoms with van der Waals surface area (Å²) < 4.78 is 0. The van der Waals surface area contributed by atoms with E-state index in [1.54, 1.807) is 12.1 Å².